The van der Waals surface area contributed by atoms with E-state index in [1.54, 1.807) is 0 Å². The maximum Gasteiger partial charge on any atom is 0.164 e. The molecule has 5 nitrogen and oxygen atoms in total. The Morgan fingerprint density at radius 3 is 1.74 bits per heavy atom. The van der Waals surface area contributed by atoms with Gasteiger partial charge in [-0.15, -0.1) is 0 Å². The Bertz CT molecular complexity index is 3160. The van der Waals surface area contributed by atoms with Crippen molar-refractivity contribution in [3.8, 4) is 51.0 Å². The second-order valence-corrected chi connectivity index (χ2v) is 13.6. The number of aromatic nitrogens is 4. The average molecular weight is 691 g/mol. The molecule has 252 valence electrons. The summed E-state index contributed by atoms with van der Waals surface area (Å²) >= 11 is 0. The SMILES string of the molecule is c1ccc(-c2nc(-c3ccccc3)nc(-c3ccc(-n4c5ccccc5c5cc6ccccc6cc54)cc3-c3cccc4c3oc3ccccc34)n2)cc1. The first-order chi connectivity index (χ1) is 26.8. The summed E-state index contributed by atoms with van der Waals surface area (Å²) in [6.45, 7) is 0. The highest BCUT2D eigenvalue weighted by Crippen LogP contribution is 2.42. The predicted molar refractivity (Wildman–Crippen MR) is 221 cm³/mol. The van der Waals surface area contributed by atoms with Gasteiger partial charge in [0, 0.05) is 49.5 Å². The van der Waals surface area contributed by atoms with Crippen molar-refractivity contribution in [2.24, 2.45) is 0 Å². The number of hydrogen-bond acceptors (Lipinski definition) is 4. The molecule has 0 N–H and O–H groups in total. The quantitative estimate of drug-likeness (QED) is 0.180. The standard InChI is InChI=1S/C49H30N4O/c1-3-14-31(15-4-1)47-50-48(32-16-5-2-6-17-32)52-49(51-47)40-27-26-35(30-41(40)39-23-13-22-38-37-21-10-12-25-45(37)54-46(38)39)53-43-24-11-9-20-36(43)42-28-33-18-7-8-19-34(33)29-44(42)53/h1-30H. The lowest BCUT2D eigenvalue weighted by Crippen LogP contribution is -2.02. The topological polar surface area (TPSA) is 56.7 Å². The maximum atomic E-state index is 6.67. The molecule has 0 saturated carbocycles. The number of hydrogen-bond donors (Lipinski definition) is 0. The van der Waals surface area contributed by atoms with Crippen LogP contribution in [0.1, 0.15) is 0 Å². The molecule has 0 aliphatic heterocycles. The molecule has 0 fully saturated rings. The van der Waals surface area contributed by atoms with Crippen molar-refractivity contribution in [2.45, 2.75) is 0 Å². The smallest absolute Gasteiger partial charge is 0.164 e. The van der Waals surface area contributed by atoms with Gasteiger partial charge in [0.1, 0.15) is 11.2 Å². The normalized spacial score (nSPS) is 11.7. The first-order valence-electron chi connectivity index (χ1n) is 18.1. The lowest BCUT2D eigenvalue weighted by Gasteiger charge is -2.16. The summed E-state index contributed by atoms with van der Waals surface area (Å²) in [7, 11) is 0. The fraction of sp³-hybridized carbons (Fsp3) is 0. The number of rotatable bonds is 5. The third-order valence-corrected chi connectivity index (χ3v) is 10.4. The molecule has 0 spiro atoms. The van der Waals surface area contributed by atoms with Gasteiger partial charge in [0.05, 0.1) is 11.0 Å². The first-order valence-corrected chi connectivity index (χ1v) is 18.1. The van der Waals surface area contributed by atoms with E-state index in [2.05, 4.69) is 114 Å². The third kappa shape index (κ3) is 4.83. The highest BCUT2D eigenvalue weighted by molar-refractivity contribution is 6.14. The van der Waals surface area contributed by atoms with Crippen LogP contribution in [0.5, 0.6) is 0 Å². The second kappa shape index (κ2) is 12.1. The van der Waals surface area contributed by atoms with Crippen LogP contribution in [0.4, 0.5) is 0 Å². The fourth-order valence-corrected chi connectivity index (χ4v) is 7.91. The molecule has 5 heteroatoms. The van der Waals surface area contributed by atoms with E-state index in [4.69, 9.17) is 19.4 Å². The van der Waals surface area contributed by atoms with Gasteiger partial charge in [-0.2, -0.15) is 0 Å². The molecule has 11 rings (SSSR count). The van der Waals surface area contributed by atoms with Gasteiger partial charge in [0.25, 0.3) is 0 Å². The molecule has 0 radical (unpaired) electrons. The summed E-state index contributed by atoms with van der Waals surface area (Å²) in [4.78, 5) is 15.3. The molecule has 0 bridgehead atoms. The summed E-state index contributed by atoms with van der Waals surface area (Å²) in [5, 5.41) is 6.99. The number of benzene rings is 8. The molecule has 11 aromatic rings. The predicted octanol–water partition coefficient (Wildman–Crippen LogP) is 12.7. The molecule has 3 heterocycles. The van der Waals surface area contributed by atoms with Crippen molar-refractivity contribution >= 4 is 54.5 Å². The lowest BCUT2D eigenvalue weighted by molar-refractivity contribution is 0.670. The van der Waals surface area contributed by atoms with E-state index in [9.17, 15) is 0 Å². The number of nitrogens with zero attached hydrogens (tertiary/aromatic N) is 4. The molecule has 3 aromatic heterocycles. The van der Waals surface area contributed by atoms with Crippen LogP contribution in [0.15, 0.2) is 186 Å². The van der Waals surface area contributed by atoms with Crippen molar-refractivity contribution in [1.29, 1.82) is 0 Å². The molecule has 8 aromatic carbocycles. The summed E-state index contributed by atoms with van der Waals surface area (Å²) < 4.78 is 9.05. The van der Waals surface area contributed by atoms with Crippen LogP contribution >= 0.6 is 0 Å². The summed E-state index contributed by atoms with van der Waals surface area (Å²) in [5.74, 6) is 1.82. The Morgan fingerprint density at radius 2 is 0.981 bits per heavy atom. The van der Waals surface area contributed by atoms with Gasteiger partial charge < -0.3 is 8.98 Å². The lowest BCUT2D eigenvalue weighted by atomic mass is 9.96. The Labute approximate surface area is 310 Å². The van der Waals surface area contributed by atoms with Gasteiger partial charge >= 0.3 is 0 Å². The minimum Gasteiger partial charge on any atom is -0.455 e. The van der Waals surface area contributed by atoms with E-state index in [0.717, 1.165) is 66.5 Å². The first kappa shape index (κ1) is 30.3. The highest BCUT2D eigenvalue weighted by atomic mass is 16.3. The van der Waals surface area contributed by atoms with Gasteiger partial charge in [0.15, 0.2) is 17.5 Å². The number of fused-ring (bicyclic) bond motifs is 7. The van der Waals surface area contributed by atoms with Crippen molar-refractivity contribution in [3.63, 3.8) is 0 Å². The van der Waals surface area contributed by atoms with Gasteiger partial charge in [-0.3, -0.25) is 0 Å². The van der Waals surface area contributed by atoms with E-state index in [-0.39, 0.29) is 0 Å². The van der Waals surface area contributed by atoms with Crippen LogP contribution in [0, 0.1) is 0 Å². The minimum atomic E-state index is 0.589. The van der Waals surface area contributed by atoms with Gasteiger partial charge in [-0.05, 0) is 58.8 Å². The zero-order valence-corrected chi connectivity index (χ0v) is 29.0. The number of furan rings is 1. The van der Waals surface area contributed by atoms with Crippen molar-refractivity contribution in [2.75, 3.05) is 0 Å². The fourth-order valence-electron chi connectivity index (χ4n) is 7.91. The average Bonchev–Trinajstić information content (AvgIpc) is 3.78. The molecule has 0 atom stereocenters. The van der Waals surface area contributed by atoms with Gasteiger partial charge in [-0.25, -0.2) is 15.0 Å². The van der Waals surface area contributed by atoms with Crippen molar-refractivity contribution < 1.29 is 4.42 Å². The van der Waals surface area contributed by atoms with E-state index >= 15 is 0 Å². The maximum absolute atomic E-state index is 6.67. The third-order valence-electron chi connectivity index (χ3n) is 10.4. The van der Waals surface area contributed by atoms with E-state index < -0.39 is 0 Å². The summed E-state index contributed by atoms with van der Waals surface area (Å²) in [6, 6.07) is 63.3. The van der Waals surface area contributed by atoms with Gasteiger partial charge in [0.2, 0.25) is 0 Å². The van der Waals surface area contributed by atoms with Crippen LogP contribution in [0.3, 0.4) is 0 Å². The zero-order valence-electron chi connectivity index (χ0n) is 29.0. The second-order valence-electron chi connectivity index (χ2n) is 13.6. The molecule has 54 heavy (non-hydrogen) atoms. The zero-order chi connectivity index (χ0) is 35.6. The van der Waals surface area contributed by atoms with Crippen LogP contribution in [-0.2, 0) is 0 Å². The molecule has 0 unspecified atom stereocenters. The van der Waals surface area contributed by atoms with Crippen LogP contribution in [0.25, 0.3) is 105 Å². The Balaban J connectivity index is 1.23. The summed E-state index contributed by atoms with van der Waals surface area (Å²) in [6.07, 6.45) is 0. The molecule has 0 aliphatic carbocycles. The van der Waals surface area contributed by atoms with Crippen LogP contribution in [0.2, 0.25) is 0 Å². The van der Waals surface area contributed by atoms with E-state index in [0.29, 0.717) is 17.5 Å². The number of para-hydroxylation sites is 3. The molecule has 0 amide bonds. The minimum absolute atomic E-state index is 0.589. The van der Waals surface area contributed by atoms with Crippen molar-refractivity contribution in [3.05, 3.63) is 182 Å². The Morgan fingerprint density at radius 1 is 0.370 bits per heavy atom. The van der Waals surface area contributed by atoms with E-state index in [1.807, 2.05) is 72.8 Å². The van der Waals surface area contributed by atoms with E-state index in [1.165, 1.54) is 21.5 Å². The van der Waals surface area contributed by atoms with Crippen LogP contribution < -0.4 is 0 Å². The molecular weight excluding hydrogens is 661 g/mol. The molecular formula is C49H30N4O. The van der Waals surface area contributed by atoms with Gasteiger partial charge in [-0.1, -0.05) is 140 Å². The monoisotopic (exact) mass is 690 g/mol. The largest absolute Gasteiger partial charge is 0.455 e. The Hall–Kier alpha value is -7.37. The summed E-state index contributed by atoms with van der Waals surface area (Å²) in [5.41, 5.74) is 9.66. The molecule has 0 saturated heterocycles. The molecule has 0 aliphatic rings. The van der Waals surface area contributed by atoms with Crippen molar-refractivity contribution in [1.82, 2.24) is 19.5 Å². The highest BCUT2D eigenvalue weighted by Gasteiger charge is 2.21. The van der Waals surface area contributed by atoms with Crippen LogP contribution in [-0.4, -0.2) is 19.5 Å². The Kier molecular flexibility index (Phi) is 6.79.